The molecule has 0 aromatic rings. The zero-order valence-electron chi connectivity index (χ0n) is 13.5. The van der Waals surface area contributed by atoms with Crippen molar-refractivity contribution in [2.75, 3.05) is 7.11 Å². The third-order valence-corrected chi connectivity index (χ3v) is 3.13. The molecule has 0 saturated heterocycles. The van der Waals surface area contributed by atoms with Crippen LogP contribution >= 0.6 is 0 Å². The number of rotatable bonds is 7. The average molecular weight is 266 g/mol. The Hall–Kier alpha value is -1.01. The Balaban J connectivity index is 3.97. The number of ether oxygens (including phenoxy) is 1. The van der Waals surface area contributed by atoms with Gasteiger partial charge in [-0.15, -0.1) is 5.73 Å². The van der Waals surface area contributed by atoms with Gasteiger partial charge in [-0.1, -0.05) is 40.5 Å². The minimum absolute atomic E-state index is 0.198. The van der Waals surface area contributed by atoms with Gasteiger partial charge in [-0.2, -0.15) is 0 Å². The summed E-state index contributed by atoms with van der Waals surface area (Å²) in [7, 11) is 1.41. The highest BCUT2D eigenvalue weighted by Crippen LogP contribution is 2.24. The number of carbonyl (C=O) groups excluding carboxylic acids is 1. The van der Waals surface area contributed by atoms with E-state index >= 15 is 0 Å². The van der Waals surface area contributed by atoms with Crippen LogP contribution in [0.3, 0.4) is 0 Å². The van der Waals surface area contributed by atoms with Gasteiger partial charge in [0.15, 0.2) is 0 Å². The molecule has 1 atom stereocenters. The van der Waals surface area contributed by atoms with Crippen molar-refractivity contribution in [2.45, 2.75) is 66.7 Å². The first kappa shape index (κ1) is 18.0. The fraction of sp³-hybridized carbons (Fsp3) is 0.765. The second-order valence-corrected chi connectivity index (χ2v) is 6.68. The van der Waals surface area contributed by atoms with Gasteiger partial charge < -0.3 is 4.74 Å². The molecule has 0 heterocycles. The van der Waals surface area contributed by atoms with Crippen molar-refractivity contribution in [3.63, 3.8) is 0 Å². The smallest absolute Gasteiger partial charge is 0.310 e. The fourth-order valence-electron chi connectivity index (χ4n) is 1.87. The molecule has 0 aromatic carbocycles. The predicted molar refractivity (Wildman–Crippen MR) is 81.0 cm³/mol. The lowest BCUT2D eigenvalue weighted by Gasteiger charge is -2.18. The summed E-state index contributed by atoms with van der Waals surface area (Å²) in [5, 5.41) is 0. The average Bonchev–Trinajstić information content (AvgIpc) is 2.26. The Bertz CT molecular complexity index is 328. The van der Waals surface area contributed by atoms with Crippen LogP contribution in [0.25, 0.3) is 0 Å². The van der Waals surface area contributed by atoms with Gasteiger partial charge in [0.25, 0.3) is 0 Å². The highest BCUT2D eigenvalue weighted by Gasteiger charge is 2.10. The normalized spacial score (nSPS) is 12.5. The van der Waals surface area contributed by atoms with E-state index in [1.807, 2.05) is 6.92 Å². The van der Waals surface area contributed by atoms with Gasteiger partial charge in [-0.3, -0.25) is 4.79 Å². The molecule has 0 N–H and O–H groups in total. The maximum Gasteiger partial charge on any atom is 0.310 e. The second kappa shape index (κ2) is 8.98. The summed E-state index contributed by atoms with van der Waals surface area (Å²) in [5.74, 6) is 0.484. The van der Waals surface area contributed by atoms with E-state index in [4.69, 9.17) is 0 Å². The van der Waals surface area contributed by atoms with E-state index < -0.39 is 0 Å². The zero-order chi connectivity index (χ0) is 14.9. The Morgan fingerprint density at radius 2 is 2.00 bits per heavy atom. The van der Waals surface area contributed by atoms with Gasteiger partial charge in [0.1, 0.15) is 0 Å². The van der Waals surface area contributed by atoms with Crippen molar-refractivity contribution in [2.24, 2.45) is 11.3 Å². The Morgan fingerprint density at radius 1 is 1.37 bits per heavy atom. The van der Waals surface area contributed by atoms with Crippen LogP contribution < -0.4 is 0 Å². The highest BCUT2D eigenvalue weighted by molar-refractivity contribution is 5.71. The summed E-state index contributed by atoms with van der Waals surface area (Å²) >= 11 is 0. The first-order chi connectivity index (χ1) is 8.74. The Morgan fingerprint density at radius 3 is 2.53 bits per heavy atom. The summed E-state index contributed by atoms with van der Waals surface area (Å²) < 4.78 is 4.62. The maximum absolute atomic E-state index is 11.1. The summed E-state index contributed by atoms with van der Waals surface area (Å²) in [5.41, 5.74) is 4.55. The quantitative estimate of drug-likeness (QED) is 0.484. The van der Waals surface area contributed by atoms with E-state index in [0.29, 0.717) is 17.8 Å². The lowest BCUT2D eigenvalue weighted by Crippen LogP contribution is -2.05. The largest absolute Gasteiger partial charge is 0.469 e. The first-order valence-corrected chi connectivity index (χ1v) is 7.22. The molecular weight excluding hydrogens is 236 g/mol. The molecule has 0 aliphatic rings. The van der Waals surface area contributed by atoms with Crippen LogP contribution in [0.2, 0.25) is 0 Å². The van der Waals surface area contributed by atoms with Crippen molar-refractivity contribution >= 4 is 5.97 Å². The summed E-state index contributed by atoms with van der Waals surface area (Å²) in [4.78, 5) is 11.1. The summed E-state index contributed by atoms with van der Waals surface area (Å²) in [6.45, 7) is 11.1. The molecule has 1 unspecified atom stereocenters. The van der Waals surface area contributed by atoms with Crippen LogP contribution in [0.4, 0.5) is 0 Å². The molecule has 0 fully saturated rings. The fourth-order valence-corrected chi connectivity index (χ4v) is 1.87. The van der Waals surface area contributed by atoms with E-state index in [0.717, 1.165) is 12.0 Å². The molecular formula is C17H30O2. The number of esters is 1. The minimum Gasteiger partial charge on any atom is -0.469 e. The molecule has 0 amide bonds. The molecule has 0 bridgehead atoms. The van der Waals surface area contributed by atoms with Crippen molar-refractivity contribution in [1.82, 2.24) is 0 Å². The van der Waals surface area contributed by atoms with Gasteiger partial charge >= 0.3 is 5.97 Å². The van der Waals surface area contributed by atoms with Gasteiger partial charge in [-0.25, -0.2) is 0 Å². The van der Waals surface area contributed by atoms with E-state index in [1.54, 1.807) is 0 Å². The molecule has 2 nitrogen and oxygen atoms in total. The standard InChI is InChI=1S/C17H30O2/c1-14(11-8-12-17(3,4)5)9-7-10-15(2)13-16(18)19-6/h7,14H,8-9,11-13H2,1-6H3. The third kappa shape index (κ3) is 11.8. The van der Waals surface area contributed by atoms with Crippen molar-refractivity contribution < 1.29 is 9.53 Å². The molecule has 110 valence electrons. The number of hydrogen-bond acceptors (Lipinski definition) is 2. The number of hydrogen-bond donors (Lipinski definition) is 0. The van der Waals surface area contributed by atoms with Crippen molar-refractivity contribution in [1.29, 1.82) is 0 Å². The van der Waals surface area contributed by atoms with Crippen LogP contribution in [-0.2, 0) is 9.53 Å². The summed E-state index contributed by atoms with van der Waals surface area (Å²) in [6.07, 6.45) is 7.24. The number of carbonyl (C=O) groups is 1. The van der Waals surface area contributed by atoms with Crippen molar-refractivity contribution in [3.05, 3.63) is 17.4 Å². The molecule has 0 spiro atoms. The topological polar surface area (TPSA) is 26.3 Å². The van der Waals surface area contributed by atoms with E-state index in [2.05, 4.69) is 44.2 Å². The van der Waals surface area contributed by atoms with E-state index in [9.17, 15) is 4.79 Å². The van der Waals surface area contributed by atoms with Gasteiger partial charge in [0, 0.05) is 0 Å². The number of methoxy groups -OCH3 is 1. The van der Waals surface area contributed by atoms with Crippen LogP contribution in [0.15, 0.2) is 17.4 Å². The molecule has 0 aromatic heterocycles. The molecule has 0 saturated carbocycles. The molecule has 0 aliphatic heterocycles. The van der Waals surface area contributed by atoms with Crippen LogP contribution in [-0.4, -0.2) is 13.1 Å². The van der Waals surface area contributed by atoms with Crippen LogP contribution in [0, 0.1) is 11.3 Å². The zero-order valence-corrected chi connectivity index (χ0v) is 13.5. The van der Waals surface area contributed by atoms with Gasteiger partial charge in [-0.05, 0) is 42.7 Å². The predicted octanol–water partition coefficient (Wildman–Crippen LogP) is 4.89. The molecule has 0 radical (unpaired) electrons. The first-order valence-electron chi connectivity index (χ1n) is 7.22. The minimum atomic E-state index is -0.198. The van der Waals surface area contributed by atoms with Crippen LogP contribution in [0.1, 0.15) is 66.7 Å². The summed E-state index contributed by atoms with van der Waals surface area (Å²) in [6, 6.07) is 0. The van der Waals surface area contributed by atoms with Crippen molar-refractivity contribution in [3.8, 4) is 0 Å². The molecule has 19 heavy (non-hydrogen) atoms. The molecule has 0 aliphatic carbocycles. The second-order valence-electron chi connectivity index (χ2n) is 6.68. The molecule has 0 rings (SSSR count). The van der Waals surface area contributed by atoms with Gasteiger partial charge in [0.05, 0.1) is 13.5 Å². The Kier molecular flexibility index (Phi) is 8.51. The van der Waals surface area contributed by atoms with E-state index in [1.165, 1.54) is 26.4 Å². The SMILES string of the molecule is COC(=O)CC(C)=C=CCC(C)CCCC(C)(C)C. The lowest BCUT2D eigenvalue weighted by atomic mass is 9.87. The maximum atomic E-state index is 11.1. The highest BCUT2D eigenvalue weighted by atomic mass is 16.5. The Labute approximate surface area is 118 Å². The molecule has 2 heteroatoms. The monoisotopic (exact) mass is 266 g/mol. The van der Waals surface area contributed by atoms with Crippen LogP contribution in [0.5, 0.6) is 0 Å². The van der Waals surface area contributed by atoms with Gasteiger partial charge in [0.2, 0.25) is 0 Å². The third-order valence-electron chi connectivity index (χ3n) is 3.13. The lowest BCUT2D eigenvalue weighted by molar-refractivity contribution is -0.139. The van der Waals surface area contributed by atoms with E-state index in [-0.39, 0.29) is 5.97 Å².